The number of fused-ring (bicyclic) bond motifs is 5. The van der Waals surface area contributed by atoms with Crippen LogP contribution in [0.15, 0.2) is 30.4 Å². The lowest BCUT2D eigenvalue weighted by Gasteiger charge is -2.18. The van der Waals surface area contributed by atoms with Crippen molar-refractivity contribution in [3.8, 4) is 0 Å². The quantitative estimate of drug-likeness (QED) is 0.558. The van der Waals surface area contributed by atoms with Crippen LogP contribution in [-0.2, 0) is 16.1 Å². The highest BCUT2D eigenvalue weighted by Gasteiger charge is 2.60. The molecule has 5 rings (SSSR count). The van der Waals surface area contributed by atoms with Crippen molar-refractivity contribution in [3.63, 3.8) is 0 Å². The molecule has 1 aromatic carbocycles. The number of nitrogens with zero attached hydrogens (tertiary/aromatic N) is 3. The Balaban J connectivity index is 1.52. The van der Waals surface area contributed by atoms with Crippen molar-refractivity contribution in [1.29, 1.82) is 0 Å². The van der Waals surface area contributed by atoms with E-state index in [0.29, 0.717) is 28.0 Å². The fraction of sp³-hybridized carbons (Fsp3) is 0.381. The number of carbonyl (C=O) groups is 2. The number of anilines is 1. The summed E-state index contributed by atoms with van der Waals surface area (Å²) < 4.78 is 1.76. The molecule has 2 heterocycles. The molecule has 1 saturated heterocycles. The molecule has 2 amide bonds. The summed E-state index contributed by atoms with van der Waals surface area (Å²) in [6.07, 6.45) is 5.12. The highest BCUT2D eigenvalue weighted by Crippen LogP contribution is 2.53. The molecule has 28 heavy (non-hydrogen) atoms. The summed E-state index contributed by atoms with van der Waals surface area (Å²) in [6, 6.07) is 5.36. The van der Waals surface area contributed by atoms with Gasteiger partial charge in [0.1, 0.15) is 0 Å². The largest absolute Gasteiger partial charge is 0.274 e. The molecule has 2 fully saturated rings. The Hall–Kier alpha value is -2.11. The minimum absolute atomic E-state index is 0.0895. The third-order valence-corrected chi connectivity index (χ3v) is 7.12. The molecule has 3 aliphatic rings. The number of hydrogen-bond acceptors (Lipinski definition) is 3. The van der Waals surface area contributed by atoms with Crippen LogP contribution >= 0.6 is 23.2 Å². The molecule has 0 N–H and O–H groups in total. The Morgan fingerprint density at radius 3 is 2.18 bits per heavy atom. The Labute approximate surface area is 172 Å². The van der Waals surface area contributed by atoms with Crippen LogP contribution < -0.4 is 4.90 Å². The fourth-order valence-electron chi connectivity index (χ4n) is 5.12. The average molecular weight is 416 g/mol. The molecule has 4 atom stereocenters. The van der Waals surface area contributed by atoms with Crippen LogP contribution in [0.2, 0.25) is 10.0 Å². The van der Waals surface area contributed by atoms with Gasteiger partial charge in [0.25, 0.3) is 0 Å². The monoisotopic (exact) mass is 415 g/mol. The molecule has 2 aliphatic carbocycles. The van der Waals surface area contributed by atoms with Crippen molar-refractivity contribution in [2.75, 3.05) is 4.90 Å². The second-order valence-corrected chi connectivity index (χ2v) is 8.70. The molecule has 7 heteroatoms. The van der Waals surface area contributed by atoms with Gasteiger partial charge in [0.15, 0.2) is 0 Å². The molecule has 0 radical (unpaired) electrons. The predicted octanol–water partition coefficient (Wildman–Crippen LogP) is 4.17. The highest BCUT2D eigenvalue weighted by molar-refractivity contribution is 6.36. The van der Waals surface area contributed by atoms with Gasteiger partial charge in [-0.15, -0.1) is 0 Å². The van der Waals surface area contributed by atoms with Gasteiger partial charge in [-0.1, -0.05) is 41.4 Å². The Kier molecular flexibility index (Phi) is 3.97. The Morgan fingerprint density at radius 2 is 1.61 bits per heavy atom. The first-order valence-corrected chi connectivity index (χ1v) is 10.2. The number of carbonyl (C=O) groups excluding carboxylic acids is 2. The number of aryl methyl sites for hydroxylation is 1. The minimum Gasteiger partial charge on any atom is -0.274 e. The van der Waals surface area contributed by atoms with Crippen LogP contribution in [0.3, 0.4) is 0 Å². The van der Waals surface area contributed by atoms with Crippen LogP contribution in [0.25, 0.3) is 0 Å². The van der Waals surface area contributed by atoms with Crippen molar-refractivity contribution in [2.45, 2.75) is 26.8 Å². The zero-order valence-corrected chi connectivity index (χ0v) is 17.0. The van der Waals surface area contributed by atoms with E-state index >= 15 is 0 Å². The standard InChI is InChI=1S/C21H19Cl2N3O2/c1-10-19(11(2)25(24-10)9-14-15(22)4-3-5-16(14)23)26-20(27)17-12-6-7-13(8-12)18(17)21(26)28/h3-7,12-13,17-18H,8-9H2,1-2H3. The lowest BCUT2D eigenvalue weighted by molar-refractivity contribution is -0.123. The van der Waals surface area contributed by atoms with E-state index < -0.39 is 0 Å². The third-order valence-electron chi connectivity index (χ3n) is 6.41. The van der Waals surface area contributed by atoms with Gasteiger partial charge < -0.3 is 0 Å². The molecule has 144 valence electrons. The van der Waals surface area contributed by atoms with Gasteiger partial charge in [-0.25, -0.2) is 4.90 Å². The molecule has 0 spiro atoms. The van der Waals surface area contributed by atoms with Gasteiger partial charge in [0.2, 0.25) is 11.8 Å². The van der Waals surface area contributed by atoms with Crippen LogP contribution in [0.5, 0.6) is 0 Å². The molecule has 5 nitrogen and oxygen atoms in total. The summed E-state index contributed by atoms with van der Waals surface area (Å²) in [7, 11) is 0. The first-order chi connectivity index (χ1) is 13.4. The summed E-state index contributed by atoms with van der Waals surface area (Å²) in [4.78, 5) is 27.7. The molecular formula is C21H19Cl2N3O2. The molecular weight excluding hydrogens is 397 g/mol. The molecule has 2 aromatic rings. The van der Waals surface area contributed by atoms with E-state index in [9.17, 15) is 9.59 Å². The minimum atomic E-state index is -0.220. The van der Waals surface area contributed by atoms with Gasteiger partial charge in [-0.05, 0) is 44.2 Å². The molecule has 2 bridgehead atoms. The zero-order chi connectivity index (χ0) is 19.7. The number of halogens is 2. The SMILES string of the molecule is Cc1nn(Cc2c(Cl)cccc2Cl)c(C)c1N1C(=O)C2C3C=CC(C3)C2C1=O. The molecule has 4 unspecified atom stereocenters. The van der Waals surface area contributed by atoms with Crippen molar-refractivity contribution >= 4 is 40.7 Å². The van der Waals surface area contributed by atoms with E-state index in [-0.39, 0.29) is 35.5 Å². The van der Waals surface area contributed by atoms with Crippen LogP contribution in [-0.4, -0.2) is 21.6 Å². The number of hydrogen-bond donors (Lipinski definition) is 0. The van der Waals surface area contributed by atoms with E-state index in [1.807, 2.05) is 13.8 Å². The van der Waals surface area contributed by atoms with Crippen LogP contribution in [0, 0.1) is 37.5 Å². The highest BCUT2D eigenvalue weighted by atomic mass is 35.5. The van der Waals surface area contributed by atoms with E-state index in [1.165, 1.54) is 4.90 Å². The zero-order valence-electron chi connectivity index (χ0n) is 15.5. The maximum absolute atomic E-state index is 13.2. The van der Waals surface area contributed by atoms with Gasteiger partial charge >= 0.3 is 0 Å². The van der Waals surface area contributed by atoms with Crippen molar-refractivity contribution in [1.82, 2.24) is 9.78 Å². The van der Waals surface area contributed by atoms with Crippen LogP contribution in [0.1, 0.15) is 23.4 Å². The lowest BCUT2D eigenvalue weighted by Crippen LogP contribution is -2.33. The van der Waals surface area contributed by atoms with Crippen molar-refractivity contribution in [2.24, 2.45) is 23.7 Å². The number of imide groups is 1. The first kappa shape index (κ1) is 18.0. The van der Waals surface area contributed by atoms with Gasteiger partial charge in [0, 0.05) is 15.6 Å². The maximum Gasteiger partial charge on any atom is 0.238 e. The number of benzene rings is 1. The first-order valence-electron chi connectivity index (χ1n) is 9.41. The fourth-order valence-corrected chi connectivity index (χ4v) is 5.64. The van der Waals surface area contributed by atoms with Gasteiger partial charge in [-0.3, -0.25) is 14.3 Å². The van der Waals surface area contributed by atoms with Crippen molar-refractivity contribution < 1.29 is 9.59 Å². The predicted molar refractivity (Wildman–Crippen MR) is 107 cm³/mol. The van der Waals surface area contributed by atoms with E-state index in [2.05, 4.69) is 17.3 Å². The summed E-state index contributed by atoms with van der Waals surface area (Å²) in [6.45, 7) is 4.08. The smallest absolute Gasteiger partial charge is 0.238 e. The Bertz CT molecular complexity index is 1010. The second kappa shape index (κ2) is 6.19. The number of amides is 2. The summed E-state index contributed by atoms with van der Waals surface area (Å²) in [5.41, 5.74) is 2.78. The van der Waals surface area contributed by atoms with E-state index in [4.69, 9.17) is 23.2 Å². The van der Waals surface area contributed by atoms with Gasteiger partial charge in [-0.2, -0.15) is 5.10 Å². The molecule has 1 saturated carbocycles. The summed E-state index contributed by atoms with van der Waals surface area (Å²) in [5, 5.41) is 5.71. The third kappa shape index (κ3) is 2.36. The second-order valence-electron chi connectivity index (χ2n) is 7.89. The topological polar surface area (TPSA) is 55.2 Å². The molecule has 1 aromatic heterocycles. The molecule has 1 aliphatic heterocycles. The maximum atomic E-state index is 13.2. The Morgan fingerprint density at radius 1 is 1.04 bits per heavy atom. The average Bonchev–Trinajstić information content (AvgIpc) is 3.38. The summed E-state index contributed by atoms with van der Waals surface area (Å²) in [5.74, 6) is -0.241. The normalized spacial score (nSPS) is 27.9. The van der Waals surface area contributed by atoms with Crippen LogP contribution in [0.4, 0.5) is 5.69 Å². The number of rotatable bonds is 3. The van der Waals surface area contributed by atoms with Crippen molar-refractivity contribution in [3.05, 3.63) is 57.3 Å². The van der Waals surface area contributed by atoms with Gasteiger partial charge in [0.05, 0.1) is 35.5 Å². The van der Waals surface area contributed by atoms with E-state index in [1.54, 1.807) is 22.9 Å². The summed E-state index contributed by atoms with van der Waals surface area (Å²) >= 11 is 12.6. The number of allylic oxidation sites excluding steroid dienone is 2. The number of aromatic nitrogens is 2. The van der Waals surface area contributed by atoms with E-state index in [0.717, 1.165) is 17.7 Å². The lowest BCUT2D eigenvalue weighted by atomic mass is 9.85.